The highest BCUT2D eigenvalue weighted by Crippen LogP contribution is 2.44. The lowest BCUT2D eigenvalue weighted by Crippen LogP contribution is -2.45. The zero-order chi connectivity index (χ0) is 25.2. The van der Waals surface area contributed by atoms with Crippen molar-refractivity contribution >= 4 is 23.9 Å². The molecular formula is C28H22N2O6. The van der Waals surface area contributed by atoms with Gasteiger partial charge in [0.15, 0.2) is 0 Å². The van der Waals surface area contributed by atoms with E-state index in [1.54, 1.807) is 12.1 Å². The molecule has 180 valence electrons. The van der Waals surface area contributed by atoms with Crippen LogP contribution in [0, 0.1) is 0 Å². The minimum absolute atomic E-state index is 0.00615. The first-order chi connectivity index (χ1) is 17.5. The fourth-order valence-electron chi connectivity index (χ4n) is 4.57. The highest BCUT2D eigenvalue weighted by Gasteiger charge is 2.40. The number of ether oxygens (including phenoxy) is 1. The first kappa shape index (κ1) is 23.0. The summed E-state index contributed by atoms with van der Waals surface area (Å²) in [7, 11) is 0. The standard InChI is InChI=1S/C28H22N2O6/c1-2-9-24(27(33)36-30-25(31)21-14-7-8-15-22(21)26(30)32)29-28(34)35-16-23-19-12-5-3-10-17(19)18-11-4-6-13-20(18)23/h2-8,10-15,23-24H,1,9,16H2,(H,29,34)/t24-/m1/s1. The largest absolute Gasteiger partial charge is 0.449 e. The van der Waals surface area contributed by atoms with Gasteiger partial charge in [0.1, 0.15) is 12.6 Å². The minimum Gasteiger partial charge on any atom is -0.449 e. The molecule has 0 unspecified atom stereocenters. The highest BCUT2D eigenvalue weighted by molar-refractivity contribution is 6.20. The number of benzene rings is 3. The lowest BCUT2D eigenvalue weighted by molar-refractivity contribution is -0.170. The van der Waals surface area contributed by atoms with Gasteiger partial charge in [0.25, 0.3) is 11.8 Å². The Morgan fingerprint density at radius 3 is 1.89 bits per heavy atom. The van der Waals surface area contributed by atoms with Crippen LogP contribution in [0.1, 0.15) is 44.2 Å². The molecule has 1 aliphatic carbocycles. The maximum absolute atomic E-state index is 12.8. The minimum atomic E-state index is -1.21. The van der Waals surface area contributed by atoms with Crippen molar-refractivity contribution in [2.24, 2.45) is 0 Å². The maximum Gasteiger partial charge on any atom is 0.407 e. The molecule has 0 fully saturated rings. The Balaban J connectivity index is 1.24. The van der Waals surface area contributed by atoms with E-state index in [4.69, 9.17) is 9.57 Å². The van der Waals surface area contributed by atoms with Crippen molar-refractivity contribution in [2.45, 2.75) is 18.4 Å². The summed E-state index contributed by atoms with van der Waals surface area (Å²) in [6, 6.07) is 20.8. The number of imide groups is 1. The van der Waals surface area contributed by atoms with E-state index in [2.05, 4.69) is 11.9 Å². The van der Waals surface area contributed by atoms with Crippen molar-refractivity contribution in [3.05, 3.63) is 108 Å². The molecule has 0 bridgehead atoms. The molecule has 0 saturated carbocycles. The fourth-order valence-corrected chi connectivity index (χ4v) is 4.57. The number of hydrogen-bond acceptors (Lipinski definition) is 6. The maximum atomic E-state index is 12.8. The average Bonchev–Trinajstić information content (AvgIpc) is 3.34. The molecule has 1 N–H and O–H groups in total. The van der Waals surface area contributed by atoms with Crippen LogP contribution in [0.25, 0.3) is 11.1 Å². The predicted octanol–water partition coefficient (Wildman–Crippen LogP) is 4.22. The van der Waals surface area contributed by atoms with Gasteiger partial charge in [0.2, 0.25) is 0 Å². The van der Waals surface area contributed by atoms with Crippen LogP contribution in [-0.4, -0.2) is 41.6 Å². The Kier molecular flexibility index (Phi) is 6.08. The van der Waals surface area contributed by atoms with E-state index in [1.807, 2.05) is 48.5 Å². The van der Waals surface area contributed by atoms with Gasteiger partial charge in [-0.05, 0) is 40.8 Å². The molecule has 1 aliphatic heterocycles. The quantitative estimate of drug-likeness (QED) is 0.400. The lowest BCUT2D eigenvalue weighted by Gasteiger charge is -2.20. The van der Waals surface area contributed by atoms with Crippen molar-refractivity contribution in [3.63, 3.8) is 0 Å². The third-order valence-electron chi connectivity index (χ3n) is 6.26. The third-order valence-corrected chi connectivity index (χ3v) is 6.26. The topological polar surface area (TPSA) is 102 Å². The van der Waals surface area contributed by atoms with Crippen LogP contribution < -0.4 is 5.32 Å². The summed E-state index contributed by atoms with van der Waals surface area (Å²) in [6.45, 7) is 3.66. The molecular weight excluding hydrogens is 460 g/mol. The molecule has 2 aliphatic rings. The second-order valence-electron chi connectivity index (χ2n) is 8.41. The highest BCUT2D eigenvalue weighted by atomic mass is 16.7. The number of carbonyl (C=O) groups excluding carboxylic acids is 4. The molecule has 3 amide bonds. The van der Waals surface area contributed by atoms with Crippen LogP contribution in [0.2, 0.25) is 0 Å². The number of rotatable bonds is 7. The average molecular weight is 482 g/mol. The normalized spacial score (nSPS) is 14.5. The van der Waals surface area contributed by atoms with Crippen LogP contribution in [-0.2, 0) is 14.4 Å². The molecule has 1 heterocycles. The lowest BCUT2D eigenvalue weighted by atomic mass is 9.98. The Bertz CT molecular complexity index is 1320. The molecule has 0 saturated heterocycles. The molecule has 3 aromatic rings. The van der Waals surface area contributed by atoms with Crippen molar-refractivity contribution in [1.29, 1.82) is 0 Å². The SMILES string of the molecule is C=CC[C@@H](NC(=O)OCC1c2ccccc2-c2ccccc21)C(=O)ON1C(=O)c2ccccc2C1=O. The van der Waals surface area contributed by atoms with E-state index in [1.165, 1.54) is 18.2 Å². The van der Waals surface area contributed by atoms with Gasteiger partial charge in [-0.15, -0.1) is 6.58 Å². The number of fused-ring (bicyclic) bond motifs is 4. The van der Waals surface area contributed by atoms with Gasteiger partial charge in [0, 0.05) is 5.92 Å². The number of nitrogens with zero attached hydrogens (tertiary/aromatic N) is 1. The van der Waals surface area contributed by atoms with Gasteiger partial charge in [-0.2, -0.15) is 0 Å². The van der Waals surface area contributed by atoms with Gasteiger partial charge in [0.05, 0.1) is 11.1 Å². The number of nitrogens with one attached hydrogen (secondary N) is 1. The number of amides is 3. The Morgan fingerprint density at radius 1 is 0.861 bits per heavy atom. The van der Waals surface area contributed by atoms with Crippen LogP contribution in [0.5, 0.6) is 0 Å². The predicted molar refractivity (Wildman–Crippen MR) is 130 cm³/mol. The Labute approximate surface area is 207 Å². The van der Waals surface area contributed by atoms with Crippen molar-refractivity contribution in [3.8, 4) is 11.1 Å². The summed E-state index contributed by atoms with van der Waals surface area (Å²) < 4.78 is 5.49. The van der Waals surface area contributed by atoms with E-state index < -0.39 is 29.9 Å². The number of hydrogen-bond donors (Lipinski definition) is 1. The van der Waals surface area contributed by atoms with Gasteiger partial charge in [-0.25, -0.2) is 9.59 Å². The zero-order valence-corrected chi connectivity index (χ0v) is 19.2. The summed E-state index contributed by atoms with van der Waals surface area (Å²) in [6.07, 6.45) is 0.590. The molecule has 0 radical (unpaired) electrons. The number of alkyl carbamates (subject to hydrolysis) is 1. The number of carbonyl (C=O) groups is 4. The van der Waals surface area contributed by atoms with E-state index in [0.29, 0.717) is 5.06 Å². The Hall–Kier alpha value is -4.72. The van der Waals surface area contributed by atoms with E-state index in [-0.39, 0.29) is 30.1 Å². The van der Waals surface area contributed by atoms with Crippen LogP contribution >= 0.6 is 0 Å². The monoisotopic (exact) mass is 482 g/mol. The van der Waals surface area contributed by atoms with Crippen LogP contribution in [0.4, 0.5) is 4.79 Å². The van der Waals surface area contributed by atoms with Gasteiger partial charge >= 0.3 is 12.1 Å². The number of hydroxylamine groups is 2. The molecule has 3 aromatic carbocycles. The van der Waals surface area contributed by atoms with E-state index in [0.717, 1.165) is 22.3 Å². The van der Waals surface area contributed by atoms with Crippen molar-refractivity contribution in [2.75, 3.05) is 6.61 Å². The third kappa shape index (κ3) is 4.02. The molecule has 5 rings (SSSR count). The summed E-state index contributed by atoms with van der Waals surface area (Å²) in [5, 5.41) is 2.86. The fraction of sp³-hybridized carbons (Fsp3) is 0.143. The second-order valence-corrected chi connectivity index (χ2v) is 8.41. The van der Waals surface area contributed by atoms with E-state index >= 15 is 0 Å². The molecule has 0 spiro atoms. The molecule has 8 heteroatoms. The van der Waals surface area contributed by atoms with Gasteiger partial charge < -0.3 is 14.9 Å². The zero-order valence-electron chi connectivity index (χ0n) is 19.2. The van der Waals surface area contributed by atoms with E-state index in [9.17, 15) is 19.2 Å². The smallest absolute Gasteiger partial charge is 0.407 e. The van der Waals surface area contributed by atoms with Crippen molar-refractivity contribution < 1.29 is 28.8 Å². The first-order valence-corrected chi connectivity index (χ1v) is 11.4. The summed E-state index contributed by atoms with van der Waals surface area (Å²) in [4.78, 5) is 55.5. The first-order valence-electron chi connectivity index (χ1n) is 11.4. The molecule has 8 nitrogen and oxygen atoms in total. The molecule has 0 aromatic heterocycles. The molecule has 36 heavy (non-hydrogen) atoms. The summed E-state index contributed by atoms with van der Waals surface area (Å²) in [5.74, 6) is -2.63. The van der Waals surface area contributed by atoms with Crippen LogP contribution in [0.3, 0.4) is 0 Å². The second kappa shape index (κ2) is 9.50. The van der Waals surface area contributed by atoms with Crippen LogP contribution in [0.15, 0.2) is 85.5 Å². The van der Waals surface area contributed by atoms with Gasteiger partial charge in [-0.1, -0.05) is 71.8 Å². The summed E-state index contributed by atoms with van der Waals surface area (Å²) >= 11 is 0. The molecule has 1 atom stereocenters. The summed E-state index contributed by atoms with van der Waals surface area (Å²) in [5.41, 5.74) is 4.57. The van der Waals surface area contributed by atoms with Crippen molar-refractivity contribution in [1.82, 2.24) is 10.4 Å². The Morgan fingerprint density at radius 2 is 1.36 bits per heavy atom. The van der Waals surface area contributed by atoms with Gasteiger partial charge in [-0.3, -0.25) is 9.59 Å².